The van der Waals surface area contributed by atoms with Crippen LogP contribution in [0.15, 0.2) is 42.5 Å². The summed E-state index contributed by atoms with van der Waals surface area (Å²) in [5.74, 6) is 0.421. The van der Waals surface area contributed by atoms with Gasteiger partial charge in [-0.05, 0) is 29.8 Å². The van der Waals surface area contributed by atoms with Crippen molar-refractivity contribution >= 4 is 11.4 Å². The number of methoxy groups -OCH3 is 1. The summed E-state index contributed by atoms with van der Waals surface area (Å²) in [7, 11) is 3.58. The van der Waals surface area contributed by atoms with Gasteiger partial charge >= 0.3 is 0 Å². The molecule has 0 atom stereocenters. The molecule has 0 aliphatic heterocycles. The Morgan fingerprint density at radius 3 is 2.68 bits per heavy atom. The second kappa shape index (κ2) is 5.61. The third kappa shape index (κ3) is 3.16. The van der Waals surface area contributed by atoms with E-state index in [9.17, 15) is 4.39 Å². The Balaban J connectivity index is 2.15. The molecule has 2 aromatic carbocycles. The number of nitrogens with zero attached hydrogens (tertiary/aromatic N) is 1. The van der Waals surface area contributed by atoms with Gasteiger partial charge in [0.2, 0.25) is 0 Å². The van der Waals surface area contributed by atoms with Gasteiger partial charge in [-0.3, -0.25) is 0 Å². The number of halogens is 1. The van der Waals surface area contributed by atoms with E-state index in [2.05, 4.69) is 0 Å². The molecule has 0 saturated carbocycles. The Bertz CT molecular complexity index is 572. The van der Waals surface area contributed by atoms with E-state index in [1.807, 2.05) is 42.3 Å². The summed E-state index contributed by atoms with van der Waals surface area (Å²) < 4.78 is 18.6. The molecule has 0 amide bonds. The zero-order chi connectivity index (χ0) is 13.8. The summed E-state index contributed by atoms with van der Waals surface area (Å²) in [6.45, 7) is 0.602. The lowest BCUT2D eigenvalue weighted by Gasteiger charge is -2.20. The van der Waals surface area contributed by atoms with Crippen LogP contribution in [0, 0.1) is 5.82 Å². The first kappa shape index (κ1) is 13.2. The quantitative estimate of drug-likeness (QED) is 0.859. The molecule has 0 aliphatic carbocycles. The number of nitrogens with two attached hydrogens (primary N) is 1. The molecule has 4 heteroatoms. The van der Waals surface area contributed by atoms with Crippen LogP contribution >= 0.6 is 0 Å². The summed E-state index contributed by atoms with van der Waals surface area (Å²) in [6, 6.07) is 12.6. The Hall–Kier alpha value is -2.23. The summed E-state index contributed by atoms with van der Waals surface area (Å²) in [4.78, 5) is 2.02. The van der Waals surface area contributed by atoms with Crippen LogP contribution in [0.5, 0.6) is 5.75 Å². The zero-order valence-corrected chi connectivity index (χ0v) is 11.1. The van der Waals surface area contributed by atoms with E-state index in [1.165, 1.54) is 6.07 Å². The fraction of sp³-hybridized carbons (Fsp3) is 0.200. The summed E-state index contributed by atoms with van der Waals surface area (Å²) >= 11 is 0. The number of nitrogen functional groups attached to an aromatic ring is 1. The average Bonchev–Trinajstić information content (AvgIpc) is 2.43. The minimum atomic E-state index is -0.378. The summed E-state index contributed by atoms with van der Waals surface area (Å²) in [5.41, 5.74) is 7.52. The van der Waals surface area contributed by atoms with Crippen molar-refractivity contribution in [3.8, 4) is 5.75 Å². The van der Waals surface area contributed by atoms with Gasteiger partial charge in [-0.15, -0.1) is 0 Å². The molecule has 0 aromatic heterocycles. The number of ether oxygens (including phenoxy) is 1. The van der Waals surface area contributed by atoms with Gasteiger partial charge < -0.3 is 15.4 Å². The van der Waals surface area contributed by atoms with Gasteiger partial charge in [-0.2, -0.15) is 0 Å². The maximum absolute atomic E-state index is 13.4. The van der Waals surface area contributed by atoms with Crippen molar-refractivity contribution in [3.63, 3.8) is 0 Å². The van der Waals surface area contributed by atoms with E-state index in [-0.39, 0.29) is 11.5 Å². The molecule has 0 fully saturated rings. The molecule has 3 nitrogen and oxygen atoms in total. The van der Waals surface area contributed by atoms with E-state index in [0.29, 0.717) is 6.54 Å². The van der Waals surface area contributed by atoms with Crippen LogP contribution in [0.3, 0.4) is 0 Å². The van der Waals surface area contributed by atoms with Crippen LogP contribution in [0.1, 0.15) is 5.56 Å². The van der Waals surface area contributed by atoms with Crippen molar-refractivity contribution in [2.24, 2.45) is 0 Å². The molecule has 0 aliphatic rings. The third-order valence-corrected chi connectivity index (χ3v) is 2.98. The van der Waals surface area contributed by atoms with E-state index in [0.717, 1.165) is 17.0 Å². The fourth-order valence-corrected chi connectivity index (χ4v) is 1.88. The number of hydrogen-bond donors (Lipinski definition) is 1. The Kier molecular flexibility index (Phi) is 3.90. The zero-order valence-electron chi connectivity index (χ0n) is 11.1. The maximum atomic E-state index is 13.4. The third-order valence-electron chi connectivity index (χ3n) is 2.98. The van der Waals surface area contributed by atoms with Crippen LogP contribution in [0.2, 0.25) is 0 Å². The van der Waals surface area contributed by atoms with E-state index in [1.54, 1.807) is 13.2 Å². The number of rotatable bonds is 4. The summed E-state index contributed by atoms with van der Waals surface area (Å²) in [5, 5.41) is 0. The van der Waals surface area contributed by atoms with Crippen LogP contribution in [-0.4, -0.2) is 14.2 Å². The Morgan fingerprint density at radius 2 is 2.00 bits per heavy atom. The van der Waals surface area contributed by atoms with Crippen molar-refractivity contribution in [2.45, 2.75) is 6.54 Å². The van der Waals surface area contributed by atoms with Crippen LogP contribution in [0.25, 0.3) is 0 Å². The minimum Gasteiger partial charge on any atom is -0.497 e. The van der Waals surface area contributed by atoms with Gasteiger partial charge in [0.15, 0.2) is 0 Å². The molecule has 0 unspecified atom stereocenters. The van der Waals surface area contributed by atoms with Crippen molar-refractivity contribution in [3.05, 3.63) is 53.8 Å². The van der Waals surface area contributed by atoms with Gasteiger partial charge in [0.25, 0.3) is 0 Å². The number of hydrogen-bond acceptors (Lipinski definition) is 3. The lowest BCUT2D eigenvalue weighted by Crippen LogP contribution is -2.16. The molecule has 0 heterocycles. The minimum absolute atomic E-state index is 0.174. The molecule has 2 aromatic rings. The molecular formula is C15H17FN2O. The highest BCUT2D eigenvalue weighted by Gasteiger charge is 2.05. The molecule has 100 valence electrons. The second-order valence-electron chi connectivity index (χ2n) is 4.41. The van der Waals surface area contributed by atoms with Crippen LogP contribution < -0.4 is 15.4 Å². The first-order valence-corrected chi connectivity index (χ1v) is 5.99. The maximum Gasteiger partial charge on any atom is 0.146 e. The van der Waals surface area contributed by atoms with Gasteiger partial charge in [0, 0.05) is 25.3 Å². The molecule has 0 radical (unpaired) electrons. The average molecular weight is 260 g/mol. The van der Waals surface area contributed by atoms with Crippen molar-refractivity contribution in [2.75, 3.05) is 24.8 Å². The molecule has 2 N–H and O–H groups in total. The molecule has 0 saturated heterocycles. The van der Waals surface area contributed by atoms with Gasteiger partial charge in [0.05, 0.1) is 12.8 Å². The smallest absolute Gasteiger partial charge is 0.146 e. The highest BCUT2D eigenvalue weighted by Crippen LogP contribution is 2.22. The Morgan fingerprint density at radius 1 is 1.21 bits per heavy atom. The predicted octanol–water partition coefficient (Wildman–Crippen LogP) is 3.05. The first-order chi connectivity index (χ1) is 9.10. The first-order valence-electron chi connectivity index (χ1n) is 5.99. The van der Waals surface area contributed by atoms with Crippen molar-refractivity contribution in [1.29, 1.82) is 0 Å². The van der Waals surface area contributed by atoms with Crippen LogP contribution in [-0.2, 0) is 6.54 Å². The summed E-state index contributed by atoms with van der Waals surface area (Å²) in [6.07, 6.45) is 0. The molecular weight excluding hydrogens is 243 g/mol. The van der Waals surface area contributed by atoms with Crippen molar-refractivity contribution in [1.82, 2.24) is 0 Å². The predicted molar refractivity (Wildman–Crippen MR) is 75.9 cm³/mol. The van der Waals surface area contributed by atoms with E-state index < -0.39 is 0 Å². The molecule has 19 heavy (non-hydrogen) atoms. The monoisotopic (exact) mass is 260 g/mol. The second-order valence-corrected chi connectivity index (χ2v) is 4.41. The highest BCUT2D eigenvalue weighted by atomic mass is 19.1. The Labute approximate surface area is 112 Å². The van der Waals surface area contributed by atoms with Gasteiger partial charge in [-0.25, -0.2) is 4.39 Å². The molecule has 0 bridgehead atoms. The highest BCUT2D eigenvalue weighted by molar-refractivity contribution is 5.51. The van der Waals surface area contributed by atoms with E-state index in [4.69, 9.17) is 10.5 Å². The largest absolute Gasteiger partial charge is 0.497 e. The molecule has 2 rings (SSSR count). The lowest BCUT2D eigenvalue weighted by molar-refractivity contribution is 0.415. The SMILES string of the molecule is COc1cccc(N(C)Cc2ccc(N)c(F)c2)c1. The number of anilines is 2. The van der Waals surface area contributed by atoms with Crippen molar-refractivity contribution < 1.29 is 9.13 Å². The normalized spacial score (nSPS) is 10.3. The van der Waals surface area contributed by atoms with Crippen LogP contribution in [0.4, 0.5) is 15.8 Å². The molecule has 0 spiro atoms. The van der Waals surface area contributed by atoms with Gasteiger partial charge in [-0.1, -0.05) is 12.1 Å². The van der Waals surface area contributed by atoms with E-state index >= 15 is 0 Å². The number of benzene rings is 2. The van der Waals surface area contributed by atoms with Gasteiger partial charge in [0.1, 0.15) is 11.6 Å². The standard InChI is InChI=1S/C15H17FN2O/c1-18(12-4-3-5-13(9-12)19-2)10-11-6-7-15(17)14(16)8-11/h3-9H,10,17H2,1-2H3. The fourth-order valence-electron chi connectivity index (χ4n) is 1.88. The lowest BCUT2D eigenvalue weighted by atomic mass is 10.1. The topological polar surface area (TPSA) is 38.5 Å².